The van der Waals surface area contributed by atoms with Crippen molar-refractivity contribution in [3.8, 4) is 0 Å². The van der Waals surface area contributed by atoms with Crippen molar-refractivity contribution in [1.82, 2.24) is 5.32 Å². The van der Waals surface area contributed by atoms with Crippen LogP contribution in [0, 0.1) is 11.8 Å². The molecule has 0 spiro atoms. The highest BCUT2D eigenvalue weighted by Crippen LogP contribution is 2.41. The van der Waals surface area contributed by atoms with Crippen LogP contribution < -0.4 is 11.1 Å². The molecule has 0 bridgehead atoms. The molecule has 2 unspecified atom stereocenters. The molecule has 0 aromatic heterocycles. The molecular formula is C18H23F3N2O2. The lowest BCUT2D eigenvalue weighted by Gasteiger charge is -2.30. The number of rotatable bonds is 4. The Kier molecular flexibility index (Phi) is 8.18. The molecule has 2 amide bonds. The standard InChI is InChI=1S/C17H20F3NO.CH3NO/c1-2-11-21-16(22)14-9-4-3-7-12(14)13-8-5-6-10-15(13)17(18,19)20;2-1-3/h3,5-8,10,13,15H,2,4,9,11H2,1H3,(H,21,22);1H,(H2,2,3). The van der Waals surface area contributed by atoms with E-state index >= 15 is 0 Å². The Bertz CT molecular complexity index is 590. The summed E-state index contributed by atoms with van der Waals surface area (Å²) in [4.78, 5) is 20.8. The Morgan fingerprint density at radius 2 is 2.00 bits per heavy atom. The van der Waals surface area contributed by atoms with Crippen LogP contribution in [0.15, 0.2) is 47.6 Å². The minimum absolute atomic E-state index is 0.245. The first kappa shape index (κ1) is 20.7. The molecule has 0 radical (unpaired) electrons. The van der Waals surface area contributed by atoms with Crippen LogP contribution >= 0.6 is 0 Å². The van der Waals surface area contributed by atoms with Crippen molar-refractivity contribution in [2.75, 3.05) is 6.54 Å². The predicted molar refractivity (Wildman–Crippen MR) is 90.3 cm³/mol. The zero-order valence-electron chi connectivity index (χ0n) is 14.1. The van der Waals surface area contributed by atoms with Gasteiger partial charge in [0, 0.05) is 18.0 Å². The molecule has 4 nitrogen and oxygen atoms in total. The normalized spacial score (nSPS) is 22.2. The van der Waals surface area contributed by atoms with Crippen LogP contribution in [-0.4, -0.2) is 25.0 Å². The van der Waals surface area contributed by atoms with Crippen LogP contribution in [0.2, 0.25) is 0 Å². The Labute approximate surface area is 145 Å². The first-order chi connectivity index (χ1) is 11.9. The molecule has 3 N–H and O–H groups in total. The number of hydrogen-bond acceptors (Lipinski definition) is 2. The molecule has 25 heavy (non-hydrogen) atoms. The molecule has 0 aliphatic heterocycles. The monoisotopic (exact) mass is 356 g/mol. The van der Waals surface area contributed by atoms with Crippen molar-refractivity contribution in [1.29, 1.82) is 0 Å². The van der Waals surface area contributed by atoms with Gasteiger partial charge in [0.1, 0.15) is 0 Å². The lowest BCUT2D eigenvalue weighted by atomic mass is 9.78. The Balaban J connectivity index is 0.000000970. The smallest absolute Gasteiger partial charge is 0.372 e. The molecule has 2 aliphatic carbocycles. The highest BCUT2D eigenvalue weighted by molar-refractivity contribution is 5.95. The first-order valence-corrected chi connectivity index (χ1v) is 8.11. The average Bonchev–Trinajstić information content (AvgIpc) is 2.59. The number of hydrogen-bond donors (Lipinski definition) is 2. The summed E-state index contributed by atoms with van der Waals surface area (Å²) in [7, 11) is 0. The van der Waals surface area contributed by atoms with E-state index < -0.39 is 18.0 Å². The largest absolute Gasteiger partial charge is 0.396 e. The van der Waals surface area contributed by atoms with Gasteiger partial charge in [-0.15, -0.1) is 0 Å². The summed E-state index contributed by atoms with van der Waals surface area (Å²) in [5, 5.41) is 2.77. The fourth-order valence-corrected chi connectivity index (χ4v) is 2.80. The second-order valence-electron chi connectivity index (χ2n) is 5.63. The fourth-order valence-electron chi connectivity index (χ4n) is 2.80. The van der Waals surface area contributed by atoms with Gasteiger partial charge in [-0.1, -0.05) is 43.4 Å². The molecule has 0 fully saturated rings. The number of carbonyl (C=O) groups is 2. The molecule has 2 rings (SSSR count). The fraction of sp³-hybridized carbons (Fsp3) is 0.444. The Hall–Kier alpha value is -2.31. The van der Waals surface area contributed by atoms with Crippen molar-refractivity contribution in [3.05, 3.63) is 47.6 Å². The van der Waals surface area contributed by atoms with Gasteiger partial charge in [0.05, 0.1) is 5.92 Å². The third-order valence-electron chi connectivity index (χ3n) is 3.89. The molecule has 0 saturated heterocycles. The van der Waals surface area contributed by atoms with Crippen LogP contribution in [-0.2, 0) is 9.59 Å². The van der Waals surface area contributed by atoms with Crippen molar-refractivity contribution >= 4 is 12.3 Å². The van der Waals surface area contributed by atoms with Crippen molar-refractivity contribution in [2.45, 2.75) is 32.4 Å². The van der Waals surface area contributed by atoms with E-state index in [9.17, 15) is 18.0 Å². The van der Waals surface area contributed by atoms with Gasteiger partial charge in [-0.05, 0) is 24.8 Å². The van der Waals surface area contributed by atoms with Crippen LogP contribution in [0.3, 0.4) is 0 Å². The Morgan fingerprint density at radius 1 is 1.36 bits per heavy atom. The van der Waals surface area contributed by atoms with Crippen LogP contribution in [0.1, 0.15) is 26.2 Å². The van der Waals surface area contributed by atoms with Crippen LogP contribution in [0.25, 0.3) is 0 Å². The quantitative estimate of drug-likeness (QED) is 0.760. The topological polar surface area (TPSA) is 72.2 Å². The zero-order valence-corrected chi connectivity index (χ0v) is 14.1. The number of nitrogens with one attached hydrogen (secondary N) is 1. The lowest BCUT2D eigenvalue weighted by Crippen LogP contribution is -2.33. The minimum Gasteiger partial charge on any atom is -0.372 e. The number of alkyl halides is 3. The number of primary amides is 1. The van der Waals surface area contributed by atoms with Crippen LogP contribution in [0.4, 0.5) is 13.2 Å². The molecule has 0 aromatic carbocycles. The summed E-state index contributed by atoms with van der Waals surface area (Å²) in [5.74, 6) is -2.65. The lowest BCUT2D eigenvalue weighted by molar-refractivity contribution is -0.167. The van der Waals surface area contributed by atoms with E-state index in [2.05, 4.69) is 11.1 Å². The average molecular weight is 356 g/mol. The second-order valence-corrected chi connectivity index (χ2v) is 5.63. The highest BCUT2D eigenvalue weighted by atomic mass is 19.4. The van der Waals surface area contributed by atoms with Crippen molar-refractivity contribution < 1.29 is 22.8 Å². The summed E-state index contributed by atoms with van der Waals surface area (Å²) in [6.45, 7) is 2.47. The SMILES string of the molecule is CCCNC(=O)C1=C(C2C=CC=CC2C(F)(F)F)C=CCC1.NC=O. The predicted octanol–water partition coefficient (Wildman–Crippen LogP) is 3.18. The van der Waals surface area contributed by atoms with E-state index in [0.29, 0.717) is 30.5 Å². The third kappa shape index (κ3) is 5.92. The molecular weight excluding hydrogens is 333 g/mol. The molecule has 7 heteroatoms. The third-order valence-corrected chi connectivity index (χ3v) is 3.89. The van der Waals surface area contributed by atoms with Gasteiger partial charge in [0.15, 0.2) is 0 Å². The molecule has 0 aromatic rings. The van der Waals surface area contributed by atoms with Gasteiger partial charge in [-0.2, -0.15) is 13.2 Å². The number of amides is 2. The van der Waals surface area contributed by atoms with E-state index in [1.54, 1.807) is 12.2 Å². The maximum Gasteiger partial charge on any atom is 0.396 e. The first-order valence-electron chi connectivity index (χ1n) is 8.11. The summed E-state index contributed by atoms with van der Waals surface area (Å²) in [6, 6.07) is 0. The summed E-state index contributed by atoms with van der Waals surface area (Å²) in [6.07, 6.45) is 7.14. The van der Waals surface area contributed by atoms with E-state index in [4.69, 9.17) is 4.79 Å². The highest BCUT2D eigenvalue weighted by Gasteiger charge is 2.44. The van der Waals surface area contributed by atoms with E-state index in [-0.39, 0.29) is 12.3 Å². The van der Waals surface area contributed by atoms with Gasteiger partial charge < -0.3 is 11.1 Å². The zero-order chi connectivity index (χ0) is 18.9. The molecule has 0 saturated carbocycles. The van der Waals surface area contributed by atoms with E-state index in [1.165, 1.54) is 18.2 Å². The Morgan fingerprint density at radius 3 is 2.60 bits per heavy atom. The summed E-state index contributed by atoms with van der Waals surface area (Å²) in [5.41, 5.74) is 5.14. The van der Waals surface area contributed by atoms with Gasteiger partial charge in [0.25, 0.3) is 0 Å². The number of nitrogens with two attached hydrogens (primary N) is 1. The molecule has 2 atom stereocenters. The van der Waals surface area contributed by atoms with Gasteiger partial charge >= 0.3 is 6.18 Å². The number of allylic oxidation sites excluding steroid dienone is 7. The number of carbonyl (C=O) groups excluding carboxylic acids is 2. The molecule has 138 valence electrons. The van der Waals surface area contributed by atoms with Gasteiger partial charge in [-0.25, -0.2) is 0 Å². The van der Waals surface area contributed by atoms with Crippen LogP contribution in [0.5, 0.6) is 0 Å². The summed E-state index contributed by atoms with van der Waals surface area (Å²) >= 11 is 0. The van der Waals surface area contributed by atoms with Crippen molar-refractivity contribution in [3.63, 3.8) is 0 Å². The second kappa shape index (κ2) is 9.86. The van der Waals surface area contributed by atoms with E-state index in [1.807, 2.05) is 13.0 Å². The minimum atomic E-state index is -4.32. The summed E-state index contributed by atoms with van der Waals surface area (Å²) < 4.78 is 39.7. The van der Waals surface area contributed by atoms with Gasteiger partial charge in [-0.3, -0.25) is 9.59 Å². The van der Waals surface area contributed by atoms with Gasteiger partial charge in [0.2, 0.25) is 12.3 Å². The molecule has 0 heterocycles. The number of halogens is 3. The van der Waals surface area contributed by atoms with Crippen molar-refractivity contribution in [2.24, 2.45) is 17.6 Å². The molecule has 2 aliphatic rings. The maximum absolute atomic E-state index is 13.2. The van der Waals surface area contributed by atoms with E-state index in [0.717, 1.165) is 6.42 Å². The maximum atomic E-state index is 13.2.